The Labute approximate surface area is 105 Å². The van der Waals surface area contributed by atoms with E-state index >= 15 is 0 Å². The van der Waals surface area contributed by atoms with E-state index < -0.39 is 0 Å². The average molecular weight is 281 g/mol. The first-order valence-corrected chi connectivity index (χ1v) is 6.61. The van der Waals surface area contributed by atoms with Gasteiger partial charge in [0.05, 0.1) is 11.9 Å². The molecular weight excluding hydrogens is 264 g/mol. The van der Waals surface area contributed by atoms with Gasteiger partial charge in [0.1, 0.15) is 0 Å². The predicted octanol–water partition coefficient (Wildman–Crippen LogP) is 3.68. The number of amidine groups is 1. The number of rotatable bonds is 2. The van der Waals surface area contributed by atoms with Gasteiger partial charge in [0.25, 0.3) is 0 Å². The molecule has 0 spiro atoms. The first-order valence-electron chi connectivity index (χ1n) is 5.81. The quantitative estimate of drug-likeness (QED) is 0.878. The fraction of sp³-hybridized carbons (Fsp3) is 0.462. The van der Waals surface area contributed by atoms with Crippen LogP contribution in [0, 0.1) is 0 Å². The highest BCUT2D eigenvalue weighted by Crippen LogP contribution is 2.23. The molecule has 1 N–H and O–H groups in total. The molecule has 2 rings (SSSR count). The van der Waals surface area contributed by atoms with Crippen LogP contribution in [0.15, 0.2) is 33.7 Å². The fourth-order valence-corrected chi connectivity index (χ4v) is 2.60. The summed E-state index contributed by atoms with van der Waals surface area (Å²) < 4.78 is 1.16. The summed E-state index contributed by atoms with van der Waals surface area (Å²) in [7, 11) is 0. The van der Waals surface area contributed by atoms with Crippen LogP contribution in [0.25, 0.3) is 0 Å². The SMILES string of the molecule is C[C@H](NC1=NCCCC1)c1ccccc1Br. The van der Waals surface area contributed by atoms with Crippen molar-refractivity contribution in [3.05, 3.63) is 34.3 Å². The summed E-state index contributed by atoms with van der Waals surface area (Å²) in [5, 5.41) is 3.50. The number of benzene rings is 1. The highest BCUT2D eigenvalue weighted by molar-refractivity contribution is 9.10. The smallest absolute Gasteiger partial charge is 0.0967 e. The van der Waals surface area contributed by atoms with Gasteiger partial charge in [0.15, 0.2) is 0 Å². The normalized spacial score (nSPS) is 17.8. The summed E-state index contributed by atoms with van der Waals surface area (Å²) in [5.41, 5.74) is 1.29. The van der Waals surface area contributed by atoms with Gasteiger partial charge < -0.3 is 5.32 Å². The summed E-state index contributed by atoms with van der Waals surface area (Å²) in [4.78, 5) is 4.51. The fourth-order valence-electron chi connectivity index (χ4n) is 1.97. The Kier molecular flexibility index (Phi) is 3.99. The molecule has 0 fully saturated rings. The molecule has 86 valence electrons. The van der Waals surface area contributed by atoms with E-state index in [9.17, 15) is 0 Å². The third-order valence-corrected chi connectivity index (χ3v) is 3.60. The molecule has 1 aromatic carbocycles. The maximum absolute atomic E-state index is 4.51. The molecule has 0 bridgehead atoms. The van der Waals surface area contributed by atoms with Gasteiger partial charge in [-0.25, -0.2) is 0 Å². The van der Waals surface area contributed by atoms with Crippen molar-refractivity contribution in [2.75, 3.05) is 6.54 Å². The zero-order chi connectivity index (χ0) is 11.4. The second-order valence-electron chi connectivity index (χ2n) is 4.17. The van der Waals surface area contributed by atoms with Gasteiger partial charge in [0.2, 0.25) is 0 Å². The summed E-state index contributed by atoms with van der Waals surface area (Å²) in [5.74, 6) is 1.16. The van der Waals surface area contributed by atoms with Crippen LogP contribution in [-0.4, -0.2) is 12.4 Å². The van der Waals surface area contributed by atoms with Crippen molar-refractivity contribution in [2.24, 2.45) is 4.99 Å². The van der Waals surface area contributed by atoms with Crippen LogP contribution in [-0.2, 0) is 0 Å². The van der Waals surface area contributed by atoms with Crippen molar-refractivity contribution in [2.45, 2.75) is 32.2 Å². The Morgan fingerprint density at radius 2 is 2.12 bits per heavy atom. The monoisotopic (exact) mass is 280 g/mol. The maximum atomic E-state index is 4.51. The summed E-state index contributed by atoms with van der Waals surface area (Å²) in [6.45, 7) is 3.15. The van der Waals surface area contributed by atoms with E-state index in [1.54, 1.807) is 0 Å². The Morgan fingerprint density at radius 3 is 2.81 bits per heavy atom. The number of aliphatic imine (C=N–C) groups is 1. The van der Waals surface area contributed by atoms with E-state index in [1.165, 1.54) is 18.4 Å². The van der Waals surface area contributed by atoms with Crippen LogP contribution in [0.5, 0.6) is 0 Å². The van der Waals surface area contributed by atoms with Crippen LogP contribution in [0.2, 0.25) is 0 Å². The summed E-state index contributed by atoms with van der Waals surface area (Å²) in [6, 6.07) is 8.65. The third-order valence-electron chi connectivity index (χ3n) is 2.88. The maximum Gasteiger partial charge on any atom is 0.0967 e. The van der Waals surface area contributed by atoms with Gasteiger partial charge >= 0.3 is 0 Å². The van der Waals surface area contributed by atoms with E-state index in [4.69, 9.17) is 0 Å². The van der Waals surface area contributed by atoms with Crippen LogP contribution >= 0.6 is 15.9 Å². The van der Waals surface area contributed by atoms with Gasteiger partial charge in [-0.2, -0.15) is 0 Å². The molecule has 0 amide bonds. The number of nitrogens with zero attached hydrogens (tertiary/aromatic N) is 1. The van der Waals surface area contributed by atoms with Crippen molar-refractivity contribution < 1.29 is 0 Å². The zero-order valence-corrected chi connectivity index (χ0v) is 11.1. The zero-order valence-electron chi connectivity index (χ0n) is 9.54. The van der Waals surface area contributed by atoms with Crippen LogP contribution < -0.4 is 5.32 Å². The van der Waals surface area contributed by atoms with Crippen LogP contribution in [0.1, 0.15) is 37.8 Å². The average Bonchev–Trinajstić information content (AvgIpc) is 2.31. The lowest BCUT2D eigenvalue weighted by atomic mass is 10.1. The molecule has 1 heterocycles. The first-order chi connectivity index (χ1) is 7.77. The molecule has 1 aromatic rings. The van der Waals surface area contributed by atoms with Gasteiger partial charge in [0, 0.05) is 17.4 Å². The Morgan fingerprint density at radius 1 is 1.31 bits per heavy atom. The van der Waals surface area contributed by atoms with Crippen LogP contribution in [0.3, 0.4) is 0 Å². The molecule has 1 aliphatic heterocycles. The van der Waals surface area contributed by atoms with E-state index in [-0.39, 0.29) is 0 Å². The van der Waals surface area contributed by atoms with Gasteiger partial charge in [-0.3, -0.25) is 4.99 Å². The van der Waals surface area contributed by atoms with E-state index in [0.717, 1.165) is 23.3 Å². The molecule has 0 aromatic heterocycles. The number of nitrogens with one attached hydrogen (secondary N) is 1. The predicted molar refractivity (Wildman–Crippen MR) is 71.8 cm³/mol. The van der Waals surface area contributed by atoms with Crippen molar-refractivity contribution in [3.8, 4) is 0 Å². The number of hydrogen-bond acceptors (Lipinski definition) is 2. The molecule has 1 aliphatic rings. The largest absolute Gasteiger partial charge is 0.367 e. The number of halogens is 1. The highest BCUT2D eigenvalue weighted by Gasteiger charge is 2.12. The van der Waals surface area contributed by atoms with Gasteiger partial charge in [-0.05, 0) is 31.4 Å². The second-order valence-corrected chi connectivity index (χ2v) is 5.03. The lowest BCUT2D eigenvalue weighted by Crippen LogP contribution is -2.28. The Hall–Kier alpha value is -0.830. The molecule has 0 saturated carbocycles. The minimum Gasteiger partial charge on any atom is -0.367 e. The molecule has 16 heavy (non-hydrogen) atoms. The van der Waals surface area contributed by atoms with Crippen molar-refractivity contribution in [1.82, 2.24) is 5.32 Å². The Bertz CT molecular complexity index is 387. The van der Waals surface area contributed by atoms with Gasteiger partial charge in [-0.15, -0.1) is 0 Å². The summed E-state index contributed by atoms with van der Waals surface area (Å²) >= 11 is 3.58. The van der Waals surface area contributed by atoms with Crippen molar-refractivity contribution >= 4 is 21.8 Å². The van der Waals surface area contributed by atoms with E-state index in [2.05, 4.69) is 51.4 Å². The van der Waals surface area contributed by atoms with Crippen molar-refractivity contribution in [3.63, 3.8) is 0 Å². The van der Waals surface area contributed by atoms with Gasteiger partial charge in [-0.1, -0.05) is 34.1 Å². The molecule has 0 aliphatic carbocycles. The molecular formula is C13H17BrN2. The van der Waals surface area contributed by atoms with Crippen LogP contribution in [0.4, 0.5) is 0 Å². The topological polar surface area (TPSA) is 24.4 Å². The standard InChI is InChI=1S/C13H17BrN2/c1-10(11-6-2-3-7-12(11)14)16-13-8-4-5-9-15-13/h2-3,6-7,10H,4-5,8-9H2,1H3,(H,15,16)/t10-/m0/s1. The molecule has 3 heteroatoms. The lowest BCUT2D eigenvalue weighted by Gasteiger charge is -2.20. The summed E-state index contributed by atoms with van der Waals surface area (Å²) in [6.07, 6.45) is 3.58. The number of hydrogen-bond donors (Lipinski definition) is 1. The minimum absolute atomic E-state index is 0.312. The third kappa shape index (κ3) is 2.85. The molecule has 0 unspecified atom stereocenters. The molecule has 1 atom stereocenters. The highest BCUT2D eigenvalue weighted by atomic mass is 79.9. The first kappa shape index (κ1) is 11.6. The lowest BCUT2D eigenvalue weighted by molar-refractivity contribution is 0.655. The Balaban J connectivity index is 2.05. The van der Waals surface area contributed by atoms with E-state index in [1.807, 2.05) is 6.07 Å². The van der Waals surface area contributed by atoms with E-state index in [0.29, 0.717) is 6.04 Å². The second kappa shape index (κ2) is 5.48. The minimum atomic E-state index is 0.312. The molecule has 0 saturated heterocycles. The molecule has 0 radical (unpaired) electrons. The molecule has 2 nitrogen and oxygen atoms in total. The van der Waals surface area contributed by atoms with Crippen molar-refractivity contribution in [1.29, 1.82) is 0 Å².